The summed E-state index contributed by atoms with van der Waals surface area (Å²) >= 11 is 0. The number of ether oxygens (including phenoxy) is 8. The normalized spacial score (nSPS) is 12.2. The highest BCUT2D eigenvalue weighted by atomic mass is 16.7. The van der Waals surface area contributed by atoms with E-state index >= 15 is 0 Å². The van der Waals surface area contributed by atoms with Gasteiger partial charge in [0.25, 0.3) is 0 Å². The van der Waals surface area contributed by atoms with Crippen molar-refractivity contribution >= 4 is 23.9 Å². The van der Waals surface area contributed by atoms with Crippen molar-refractivity contribution < 1.29 is 62.2 Å². The van der Waals surface area contributed by atoms with Crippen molar-refractivity contribution in [2.24, 2.45) is 11.3 Å². The Morgan fingerprint density at radius 2 is 0.623 bits per heavy atom. The van der Waals surface area contributed by atoms with Crippen molar-refractivity contribution in [1.82, 2.24) is 0 Å². The maximum absolute atomic E-state index is 13.4. The Bertz CT molecular complexity index is 1220. The first-order valence-electron chi connectivity index (χ1n) is 32.3. The van der Waals surface area contributed by atoms with Crippen LogP contribution < -0.4 is 0 Å². The lowest BCUT2D eigenvalue weighted by Crippen LogP contribution is -2.42. The van der Waals surface area contributed by atoms with E-state index in [-0.39, 0.29) is 51.0 Å². The largest absolute Gasteiger partial charge is 0.465 e. The zero-order valence-corrected chi connectivity index (χ0v) is 50.9. The highest BCUT2D eigenvalue weighted by Gasteiger charge is 2.36. The molecule has 0 saturated carbocycles. The van der Waals surface area contributed by atoms with Crippen LogP contribution in [0.5, 0.6) is 0 Å². The third kappa shape index (κ3) is 48.1. The molecule has 0 aromatic rings. The summed E-state index contributed by atoms with van der Waals surface area (Å²) < 4.78 is 47.6. The molecule has 0 aromatic heterocycles. The van der Waals surface area contributed by atoms with Gasteiger partial charge in [0.05, 0.1) is 37.4 Å². The predicted molar refractivity (Wildman–Crippen MR) is 312 cm³/mol. The summed E-state index contributed by atoms with van der Waals surface area (Å²) in [5, 5.41) is 10.9. The van der Waals surface area contributed by atoms with Crippen molar-refractivity contribution in [2.45, 2.75) is 317 Å². The van der Waals surface area contributed by atoms with Gasteiger partial charge in [0.15, 0.2) is 12.6 Å². The monoisotopic (exact) mass is 1100 g/mol. The van der Waals surface area contributed by atoms with E-state index in [1.165, 1.54) is 116 Å². The van der Waals surface area contributed by atoms with E-state index < -0.39 is 42.5 Å². The topological polar surface area (TPSA) is 162 Å². The van der Waals surface area contributed by atoms with Gasteiger partial charge in [-0.2, -0.15) is 0 Å². The molecule has 0 saturated heterocycles. The van der Waals surface area contributed by atoms with Crippen LogP contribution in [0.15, 0.2) is 0 Å². The summed E-state index contributed by atoms with van der Waals surface area (Å²) in [5.74, 6) is -1.61. The van der Waals surface area contributed by atoms with Crippen LogP contribution in [-0.2, 0) is 57.1 Å². The molecule has 456 valence electrons. The maximum Gasteiger partial charge on any atom is 0.308 e. The number of rotatable bonds is 61. The molecule has 0 rings (SSSR count). The quantitative estimate of drug-likeness (QED) is 0.0265. The van der Waals surface area contributed by atoms with E-state index in [4.69, 9.17) is 37.9 Å². The standard InChI is InChI=1S/C64H122O13/c1-7-13-19-24-29-36-48-70-61(71-49-37-30-25-20-14-8-2)46-44-59(67)76-55-64(53-65,54-75-58(66)43-35-28-33-40-52-74-63(69)57(41-18-12-6)42-34-23-17-11-5)56-77-60(68)45-47-62(72-50-38-31-26-21-15-9-3)73-51-39-32-27-22-16-10-4/h57,61-62,65H,7-56H2,1-6H3. The minimum atomic E-state index is -1.39. The molecule has 0 heterocycles. The summed E-state index contributed by atoms with van der Waals surface area (Å²) in [7, 11) is 0. The van der Waals surface area contributed by atoms with Crippen LogP contribution in [0.3, 0.4) is 0 Å². The van der Waals surface area contributed by atoms with Crippen molar-refractivity contribution in [3.8, 4) is 0 Å². The number of hydrogen-bond donors (Lipinski definition) is 1. The number of unbranched alkanes of at least 4 members (excludes halogenated alkanes) is 27. The van der Waals surface area contributed by atoms with Gasteiger partial charge in [-0.15, -0.1) is 0 Å². The van der Waals surface area contributed by atoms with E-state index in [1.54, 1.807) is 0 Å². The van der Waals surface area contributed by atoms with E-state index in [2.05, 4.69) is 41.5 Å². The Balaban J connectivity index is 5.68. The minimum Gasteiger partial charge on any atom is -0.465 e. The van der Waals surface area contributed by atoms with E-state index in [0.29, 0.717) is 52.3 Å². The summed E-state index contributed by atoms with van der Waals surface area (Å²) in [6, 6.07) is 0. The first-order valence-corrected chi connectivity index (χ1v) is 32.3. The zero-order chi connectivity index (χ0) is 56.6. The molecule has 0 aliphatic rings. The molecule has 0 amide bonds. The van der Waals surface area contributed by atoms with Crippen molar-refractivity contribution in [3.05, 3.63) is 0 Å². The van der Waals surface area contributed by atoms with E-state index in [1.807, 2.05) is 0 Å². The molecule has 13 heteroatoms. The molecule has 0 aliphatic carbocycles. The molecule has 0 radical (unpaired) electrons. The van der Waals surface area contributed by atoms with Gasteiger partial charge in [-0.05, 0) is 51.4 Å². The highest BCUT2D eigenvalue weighted by molar-refractivity contribution is 5.72. The fourth-order valence-corrected chi connectivity index (χ4v) is 9.13. The fourth-order valence-electron chi connectivity index (χ4n) is 9.13. The number of aliphatic hydroxyl groups is 1. The minimum absolute atomic E-state index is 0.0231. The molecule has 0 aromatic carbocycles. The van der Waals surface area contributed by atoms with Crippen LogP contribution in [-0.4, -0.2) is 101 Å². The molecular formula is C64H122O13. The summed E-state index contributed by atoms with van der Waals surface area (Å²) in [5.41, 5.74) is -1.39. The predicted octanol–water partition coefficient (Wildman–Crippen LogP) is 16.6. The Kier molecular flexibility index (Phi) is 55.2. The summed E-state index contributed by atoms with van der Waals surface area (Å²) in [6.07, 6.45) is 38.3. The van der Waals surface area contributed by atoms with Crippen LogP contribution in [0.25, 0.3) is 0 Å². The fraction of sp³-hybridized carbons (Fsp3) is 0.938. The lowest BCUT2D eigenvalue weighted by molar-refractivity contribution is -0.172. The Hall–Kier alpha value is -2.32. The van der Waals surface area contributed by atoms with E-state index in [0.717, 1.165) is 109 Å². The number of hydrogen-bond acceptors (Lipinski definition) is 13. The van der Waals surface area contributed by atoms with Crippen molar-refractivity contribution in [3.63, 3.8) is 0 Å². The SMILES string of the molecule is CCCCCCCCOC(CCC(=O)OCC(CO)(COC(=O)CCCCCCOC(=O)C(CCCC)CCCCCC)COC(=O)CCC(OCCCCCCCC)OCCCCCCCC)OCCCCCCCC. The van der Waals surface area contributed by atoms with Crippen molar-refractivity contribution in [1.29, 1.82) is 0 Å². The average Bonchev–Trinajstić information content (AvgIpc) is 3.43. The van der Waals surface area contributed by atoms with Gasteiger partial charge in [0, 0.05) is 45.7 Å². The smallest absolute Gasteiger partial charge is 0.308 e. The molecular weight excluding hydrogens is 977 g/mol. The Morgan fingerprint density at radius 1 is 0.325 bits per heavy atom. The Morgan fingerprint density at radius 3 is 0.987 bits per heavy atom. The number of esters is 4. The molecule has 13 nitrogen and oxygen atoms in total. The number of carbonyl (C=O) groups excluding carboxylic acids is 4. The summed E-state index contributed by atoms with van der Waals surface area (Å²) in [4.78, 5) is 52.8. The molecule has 1 unspecified atom stereocenters. The third-order valence-corrected chi connectivity index (χ3v) is 14.5. The van der Waals surface area contributed by atoms with Crippen LogP contribution in [0.1, 0.15) is 305 Å². The second-order valence-corrected chi connectivity index (χ2v) is 22.2. The van der Waals surface area contributed by atoms with Gasteiger partial charge >= 0.3 is 23.9 Å². The molecule has 1 atom stereocenters. The highest BCUT2D eigenvalue weighted by Crippen LogP contribution is 2.23. The molecule has 0 spiro atoms. The van der Waals surface area contributed by atoms with E-state index in [9.17, 15) is 24.3 Å². The van der Waals surface area contributed by atoms with Gasteiger partial charge in [0.2, 0.25) is 0 Å². The third-order valence-electron chi connectivity index (χ3n) is 14.5. The first-order chi connectivity index (χ1) is 37.6. The van der Waals surface area contributed by atoms with Crippen LogP contribution in [0.2, 0.25) is 0 Å². The van der Waals surface area contributed by atoms with Gasteiger partial charge in [-0.25, -0.2) is 0 Å². The molecule has 0 fully saturated rings. The number of aliphatic hydroxyl groups excluding tert-OH is 1. The molecule has 0 bridgehead atoms. The maximum atomic E-state index is 13.4. The second kappa shape index (κ2) is 56.9. The average molecular weight is 1100 g/mol. The zero-order valence-electron chi connectivity index (χ0n) is 50.9. The van der Waals surface area contributed by atoms with Gasteiger partial charge in [-0.3, -0.25) is 19.2 Å². The first kappa shape index (κ1) is 74.7. The van der Waals surface area contributed by atoms with Crippen molar-refractivity contribution in [2.75, 3.05) is 59.5 Å². The lowest BCUT2D eigenvalue weighted by Gasteiger charge is -2.30. The molecule has 1 N–H and O–H groups in total. The van der Waals surface area contributed by atoms with Gasteiger partial charge < -0.3 is 43.0 Å². The van der Waals surface area contributed by atoms with Gasteiger partial charge in [0.1, 0.15) is 19.8 Å². The summed E-state index contributed by atoms with van der Waals surface area (Å²) in [6.45, 7) is 14.2. The van der Waals surface area contributed by atoms with Crippen LogP contribution >= 0.6 is 0 Å². The lowest BCUT2D eigenvalue weighted by atomic mass is 9.92. The Labute approximate surface area is 472 Å². The van der Waals surface area contributed by atoms with Crippen LogP contribution in [0.4, 0.5) is 0 Å². The van der Waals surface area contributed by atoms with Crippen LogP contribution in [0, 0.1) is 11.3 Å². The van der Waals surface area contributed by atoms with Gasteiger partial charge in [-0.1, -0.05) is 221 Å². The molecule has 77 heavy (non-hydrogen) atoms. The second-order valence-electron chi connectivity index (χ2n) is 22.2. The molecule has 0 aliphatic heterocycles. The number of carbonyl (C=O) groups is 4.